The quantitative estimate of drug-likeness (QED) is 0.814. The number of aromatic hydroxyl groups is 1. The first-order chi connectivity index (χ1) is 10.1. The topological polar surface area (TPSA) is 94.4 Å². The van der Waals surface area contributed by atoms with Crippen molar-refractivity contribution >= 4 is 0 Å². The van der Waals surface area contributed by atoms with E-state index in [1.165, 1.54) is 0 Å². The maximum absolute atomic E-state index is 9.26. The third-order valence-corrected chi connectivity index (χ3v) is 3.29. The van der Waals surface area contributed by atoms with Crippen LogP contribution in [0.25, 0.3) is 0 Å². The molecule has 21 heavy (non-hydrogen) atoms. The zero-order valence-corrected chi connectivity index (χ0v) is 12.3. The van der Waals surface area contributed by atoms with Crippen molar-refractivity contribution < 1.29 is 14.4 Å². The average Bonchev–Trinajstić information content (AvgIpc) is 2.97. The molecule has 0 aliphatic heterocycles. The van der Waals surface area contributed by atoms with Crippen molar-refractivity contribution in [3.05, 3.63) is 41.5 Å². The standard InChI is InChI=1S/C15H21N3O3/c1-3-4-13(20-2)14-17-15(21-18-14)12(16)9-10-5-7-11(19)8-6-10/h5-8,12-13,19H,3-4,9,16H2,1-2H3/t12-,13?/m1/s1. The molecule has 0 amide bonds. The van der Waals surface area contributed by atoms with Crippen LogP contribution in [0, 0.1) is 0 Å². The number of benzene rings is 1. The molecule has 2 atom stereocenters. The lowest BCUT2D eigenvalue weighted by Gasteiger charge is -2.09. The molecule has 0 aliphatic rings. The lowest BCUT2D eigenvalue weighted by Crippen LogP contribution is -2.14. The van der Waals surface area contributed by atoms with E-state index in [9.17, 15) is 5.11 Å². The second-order valence-electron chi connectivity index (χ2n) is 4.98. The molecule has 114 valence electrons. The molecule has 0 fully saturated rings. The van der Waals surface area contributed by atoms with E-state index in [-0.39, 0.29) is 17.9 Å². The van der Waals surface area contributed by atoms with Crippen molar-refractivity contribution in [1.82, 2.24) is 10.1 Å². The molecule has 2 aromatic rings. The van der Waals surface area contributed by atoms with Crippen molar-refractivity contribution in [2.24, 2.45) is 5.73 Å². The Kier molecular flexibility index (Phi) is 5.30. The summed E-state index contributed by atoms with van der Waals surface area (Å²) in [6.45, 7) is 2.07. The minimum absolute atomic E-state index is 0.159. The Labute approximate surface area is 123 Å². The minimum atomic E-state index is -0.380. The Hall–Kier alpha value is -1.92. The molecule has 6 heteroatoms. The molecule has 0 spiro atoms. The van der Waals surface area contributed by atoms with Crippen LogP contribution in [0.4, 0.5) is 0 Å². The number of phenols is 1. The molecule has 0 aliphatic carbocycles. The largest absolute Gasteiger partial charge is 0.508 e. The molecule has 0 radical (unpaired) electrons. The van der Waals surface area contributed by atoms with Gasteiger partial charge in [-0.05, 0) is 30.5 Å². The minimum Gasteiger partial charge on any atom is -0.508 e. The monoisotopic (exact) mass is 291 g/mol. The molecule has 0 saturated heterocycles. The van der Waals surface area contributed by atoms with Crippen LogP contribution in [0.15, 0.2) is 28.8 Å². The van der Waals surface area contributed by atoms with Gasteiger partial charge in [0.15, 0.2) is 0 Å². The van der Waals surface area contributed by atoms with Crippen LogP contribution in [0.1, 0.15) is 49.2 Å². The molecule has 1 heterocycles. The number of phenolic OH excluding ortho intramolecular Hbond substituents is 1. The molecule has 1 aromatic heterocycles. The highest BCUT2D eigenvalue weighted by atomic mass is 16.5. The molecule has 2 rings (SSSR count). The SMILES string of the molecule is CCCC(OC)c1noc([C@H](N)Cc2ccc(O)cc2)n1. The van der Waals surface area contributed by atoms with Crippen LogP contribution >= 0.6 is 0 Å². The summed E-state index contributed by atoms with van der Waals surface area (Å²) >= 11 is 0. The maximum Gasteiger partial charge on any atom is 0.243 e. The molecular weight excluding hydrogens is 270 g/mol. The Morgan fingerprint density at radius 2 is 2.05 bits per heavy atom. The van der Waals surface area contributed by atoms with E-state index >= 15 is 0 Å². The number of hydrogen-bond acceptors (Lipinski definition) is 6. The average molecular weight is 291 g/mol. The van der Waals surface area contributed by atoms with Gasteiger partial charge in [-0.25, -0.2) is 0 Å². The normalized spacial score (nSPS) is 14.0. The molecule has 0 saturated carbocycles. The van der Waals surface area contributed by atoms with E-state index in [0.717, 1.165) is 18.4 Å². The van der Waals surface area contributed by atoms with Gasteiger partial charge in [0.1, 0.15) is 11.9 Å². The fraction of sp³-hybridized carbons (Fsp3) is 0.467. The molecule has 6 nitrogen and oxygen atoms in total. The fourth-order valence-electron chi connectivity index (χ4n) is 2.12. The zero-order chi connectivity index (χ0) is 15.2. The van der Waals surface area contributed by atoms with Gasteiger partial charge in [-0.3, -0.25) is 0 Å². The van der Waals surface area contributed by atoms with Crippen molar-refractivity contribution in [3.8, 4) is 5.75 Å². The summed E-state index contributed by atoms with van der Waals surface area (Å²) < 4.78 is 10.6. The first-order valence-corrected chi connectivity index (χ1v) is 7.03. The maximum atomic E-state index is 9.26. The second-order valence-corrected chi connectivity index (χ2v) is 4.98. The van der Waals surface area contributed by atoms with E-state index in [1.807, 2.05) is 12.1 Å². The summed E-state index contributed by atoms with van der Waals surface area (Å²) in [5.74, 6) is 1.17. The summed E-state index contributed by atoms with van der Waals surface area (Å²) in [7, 11) is 1.63. The van der Waals surface area contributed by atoms with Crippen molar-refractivity contribution in [1.29, 1.82) is 0 Å². The van der Waals surface area contributed by atoms with E-state index in [0.29, 0.717) is 18.1 Å². The van der Waals surface area contributed by atoms with Gasteiger partial charge < -0.3 is 20.1 Å². The number of ether oxygens (including phenoxy) is 1. The van der Waals surface area contributed by atoms with Gasteiger partial charge in [0.25, 0.3) is 0 Å². The van der Waals surface area contributed by atoms with Gasteiger partial charge in [0, 0.05) is 7.11 Å². The van der Waals surface area contributed by atoms with Crippen LogP contribution in [0.3, 0.4) is 0 Å². The van der Waals surface area contributed by atoms with Crippen LogP contribution in [-0.4, -0.2) is 22.4 Å². The second kappa shape index (κ2) is 7.19. The van der Waals surface area contributed by atoms with Crippen LogP contribution in [0.5, 0.6) is 5.75 Å². The number of nitrogens with two attached hydrogens (primary N) is 1. The van der Waals surface area contributed by atoms with E-state index in [1.54, 1.807) is 19.2 Å². The summed E-state index contributed by atoms with van der Waals surface area (Å²) in [5.41, 5.74) is 7.09. The molecule has 0 bridgehead atoms. The Balaban J connectivity index is 2.04. The van der Waals surface area contributed by atoms with Crippen LogP contribution < -0.4 is 5.73 Å². The number of hydrogen-bond donors (Lipinski definition) is 2. The van der Waals surface area contributed by atoms with Crippen molar-refractivity contribution in [2.75, 3.05) is 7.11 Å². The molecule has 1 aromatic carbocycles. The summed E-state index contributed by atoms with van der Waals surface area (Å²) in [5, 5.41) is 13.2. The summed E-state index contributed by atoms with van der Waals surface area (Å²) in [6.07, 6.45) is 2.21. The predicted octanol–water partition coefficient (Wildman–Crippen LogP) is 2.51. The number of nitrogens with zero attached hydrogens (tertiary/aromatic N) is 2. The van der Waals surface area contributed by atoms with Crippen LogP contribution in [0.2, 0.25) is 0 Å². The van der Waals surface area contributed by atoms with Gasteiger partial charge >= 0.3 is 0 Å². The van der Waals surface area contributed by atoms with Crippen LogP contribution in [-0.2, 0) is 11.2 Å². The lowest BCUT2D eigenvalue weighted by atomic mass is 10.1. The Bertz CT molecular complexity index is 554. The fourth-order valence-corrected chi connectivity index (χ4v) is 2.12. The zero-order valence-electron chi connectivity index (χ0n) is 12.3. The highest BCUT2D eigenvalue weighted by Gasteiger charge is 2.20. The van der Waals surface area contributed by atoms with Crippen molar-refractivity contribution in [2.45, 2.75) is 38.3 Å². The summed E-state index contributed by atoms with van der Waals surface area (Å²) in [4.78, 5) is 4.34. The molecular formula is C15H21N3O3. The van der Waals surface area contributed by atoms with E-state index < -0.39 is 0 Å². The molecule has 3 N–H and O–H groups in total. The smallest absolute Gasteiger partial charge is 0.243 e. The third kappa shape index (κ3) is 4.03. The number of rotatable bonds is 7. The Morgan fingerprint density at radius 1 is 1.33 bits per heavy atom. The molecule has 1 unspecified atom stereocenters. The van der Waals surface area contributed by atoms with E-state index in [2.05, 4.69) is 17.1 Å². The number of aromatic nitrogens is 2. The lowest BCUT2D eigenvalue weighted by molar-refractivity contribution is 0.0854. The predicted molar refractivity (Wildman–Crippen MR) is 77.7 cm³/mol. The van der Waals surface area contributed by atoms with Gasteiger partial charge in [-0.1, -0.05) is 30.6 Å². The first-order valence-electron chi connectivity index (χ1n) is 7.03. The van der Waals surface area contributed by atoms with Gasteiger partial charge in [-0.2, -0.15) is 4.98 Å². The highest BCUT2D eigenvalue weighted by Crippen LogP contribution is 2.22. The third-order valence-electron chi connectivity index (χ3n) is 3.29. The van der Waals surface area contributed by atoms with Gasteiger partial charge in [0.05, 0.1) is 6.04 Å². The Morgan fingerprint density at radius 3 is 2.67 bits per heavy atom. The van der Waals surface area contributed by atoms with Gasteiger partial charge in [0.2, 0.25) is 11.7 Å². The van der Waals surface area contributed by atoms with Gasteiger partial charge in [-0.15, -0.1) is 0 Å². The first kappa shape index (κ1) is 15.5. The summed E-state index contributed by atoms with van der Waals surface area (Å²) in [6, 6.07) is 6.52. The van der Waals surface area contributed by atoms with E-state index in [4.69, 9.17) is 15.0 Å². The highest BCUT2D eigenvalue weighted by molar-refractivity contribution is 5.26. The number of methoxy groups -OCH3 is 1. The van der Waals surface area contributed by atoms with Crippen molar-refractivity contribution in [3.63, 3.8) is 0 Å².